The Kier molecular flexibility index (Phi) is 4.01. The number of nitrogens with two attached hydrogens (primary N) is 2. The van der Waals surface area contributed by atoms with E-state index in [-0.39, 0.29) is 0 Å². The summed E-state index contributed by atoms with van der Waals surface area (Å²) in [7, 11) is 0. The van der Waals surface area contributed by atoms with E-state index in [1.165, 1.54) is 12.2 Å². The van der Waals surface area contributed by atoms with E-state index in [4.69, 9.17) is 11.5 Å². The summed E-state index contributed by atoms with van der Waals surface area (Å²) in [5.41, 5.74) is 10.3. The zero-order chi connectivity index (χ0) is 17.2. The summed E-state index contributed by atoms with van der Waals surface area (Å²) in [5, 5.41) is 0. The van der Waals surface area contributed by atoms with E-state index >= 15 is 0 Å². The van der Waals surface area contributed by atoms with Crippen molar-refractivity contribution in [2.75, 3.05) is 0 Å². The molecule has 0 spiro atoms. The van der Waals surface area contributed by atoms with Crippen LogP contribution < -0.4 is 11.5 Å². The Labute approximate surface area is 140 Å². The number of allylic oxidation sites excluding steroid dienone is 2. The summed E-state index contributed by atoms with van der Waals surface area (Å²) in [5.74, 6) is -0.786. The van der Waals surface area contributed by atoms with Crippen LogP contribution in [0.1, 0.15) is 20.7 Å². The van der Waals surface area contributed by atoms with Gasteiger partial charge in [0.1, 0.15) is 11.1 Å². The van der Waals surface area contributed by atoms with Crippen LogP contribution in [0.4, 0.5) is 0 Å². The van der Waals surface area contributed by atoms with Gasteiger partial charge < -0.3 is 11.5 Å². The van der Waals surface area contributed by atoms with Crippen LogP contribution in [0, 0.1) is 0 Å². The molecule has 1 aliphatic rings. The van der Waals surface area contributed by atoms with Crippen molar-refractivity contribution in [3.05, 3.63) is 96.1 Å². The van der Waals surface area contributed by atoms with Crippen LogP contribution in [-0.4, -0.2) is 22.6 Å². The van der Waals surface area contributed by atoms with Crippen molar-refractivity contribution in [1.82, 2.24) is 0 Å². The molecule has 0 heterocycles. The Morgan fingerprint density at radius 1 is 0.625 bits per heavy atom. The number of carbonyl (C=O) groups is 2. The predicted molar refractivity (Wildman–Crippen MR) is 93.7 cm³/mol. The number of benzene rings is 2. The molecule has 0 bridgehead atoms. The van der Waals surface area contributed by atoms with E-state index in [9.17, 15) is 9.59 Å². The fourth-order valence-electron chi connectivity index (χ4n) is 2.87. The maximum Gasteiger partial charge on any atom is 0.189 e. The standard InChI is InChI=1S/C20H18N2O2/c21-19(17(23)15-9-3-1-4-10-15)13-7-8-14-20(19,22)18(24)16-11-5-2-6-12-16/h1-14H,21-22H2. The molecular weight excluding hydrogens is 300 g/mol. The Hall–Kier alpha value is -2.82. The fraction of sp³-hybridized carbons (Fsp3) is 0.100. The first-order chi connectivity index (χ1) is 11.5. The second-order valence-electron chi connectivity index (χ2n) is 5.85. The van der Waals surface area contributed by atoms with Gasteiger partial charge in [0, 0.05) is 11.1 Å². The first-order valence-electron chi connectivity index (χ1n) is 7.63. The molecule has 0 aliphatic heterocycles. The third-order valence-electron chi connectivity index (χ3n) is 4.34. The lowest BCUT2D eigenvalue weighted by molar-refractivity contribution is 0.0769. The van der Waals surface area contributed by atoms with Gasteiger partial charge in [0.25, 0.3) is 0 Å². The topological polar surface area (TPSA) is 86.2 Å². The van der Waals surface area contributed by atoms with Crippen LogP contribution in [0.15, 0.2) is 85.0 Å². The van der Waals surface area contributed by atoms with Gasteiger partial charge in [-0.3, -0.25) is 9.59 Å². The van der Waals surface area contributed by atoms with Gasteiger partial charge in [0.05, 0.1) is 0 Å². The molecule has 0 fully saturated rings. The maximum absolute atomic E-state index is 13.0. The lowest BCUT2D eigenvalue weighted by Gasteiger charge is -2.41. The third-order valence-corrected chi connectivity index (χ3v) is 4.34. The second-order valence-corrected chi connectivity index (χ2v) is 5.85. The number of carbonyl (C=O) groups excluding carboxylic acids is 2. The Balaban J connectivity index is 2.08. The van der Waals surface area contributed by atoms with Crippen LogP contribution >= 0.6 is 0 Å². The molecule has 4 heteroatoms. The predicted octanol–water partition coefficient (Wildman–Crippen LogP) is 2.27. The van der Waals surface area contributed by atoms with E-state index in [0.717, 1.165) is 0 Å². The normalized spacial score (nSPS) is 25.4. The molecule has 4 N–H and O–H groups in total. The third kappa shape index (κ3) is 2.42. The average molecular weight is 318 g/mol. The molecule has 120 valence electrons. The molecule has 24 heavy (non-hydrogen) atoms. The molecule has 3 rings (SSSR count). The number of hydrogen-bond acceptors (Lipinski definition) is 4. The zero-order valence-corrected chi connectivity index (χ0v) is 13.1. The highest BCUT2D eigenvalue weighted by atomic mass is 16.1. The Morgan fingerprint density at radius 3 is 1.29 bits per heavy atom. The molecule has 2 atom stereocenters. The van der Waals surface area contributed by atoms with E-state index in [2.05, 4.69) is 0 Å². The SMILES string of the molecule is NC1(C(=O)c2ccccc2)C=CC=CC1(N)C(=O)c1ccccc1. The van der Waals surface area contributed by atoms with Crippen LogP contribution in [0.3, 0.4) is 0 Å². The summed E-state index contributed by atoms with van der Waals surface area (Å²) in [6.07, 6.45) is 6.29. The van der Waals surface area contributed by atoms with E-state index in [0.29, 0.717) is 11.1 Å². The lowest BCUT2D eigenvalue weighted by Crippen LogP contribution is -2.72. The summed E-state index contributed by atoms with van der Waals surface area (Å²) in [6, 6.07) is 17.3. The van der Waals surface area contributed by atoms with Crippen molar-refractivity contribution < 1.29 is 9.59 Å². The van der Waals surface area contributed by atoms with Gasteiger partial charge in [-0.25, -0.2) is 0 Å². The van der Waals surface area contributed by atoms with E-state index in [1.54, 1.807) is 72.8 Å². The molecular formula is C20H18N2O2. The first kappa shape index (κ1) is 16.1. The van der Waals surface area contributed by atoms with Gasteiger partial charge in [-0.15, -0.1) is 0 Å². The van der Waals surface area contributed by atoms with Gasteiger partial charge in [-0.1, -0.05) is 85.0 Å². The highest BCUT2D eigenvalue weighted by Gasteiger charge is 2.54. The number of rotatable bonds is 4. The van der Waals surface area contributed by atoms with Crippen LogP contribution in [-0.2, 0) is 0 Å². The van der Waals surface area contributed by atoms with Crippen LogP contribution in [0.25, 0.3) is 0 Å². The minimum absolute atomic E-state index is 0.393. The molecule has 4 nitrogen and oxygen atoms in total. The quantitative estimate of drug-likeness (QED) is 0.847. The molecule has 2 unspecified atom stereocenters. The number of ketones is 2. The first-order valence-corrected chi connectivity index (χ1v) is 7.63. The van der Waals surface area contributed by atoms with Gasteiger partial charge in [0.15, 0.2) is 11.6 Å². The highest BCUT2D eigenvalue weighted by molar-refractivity contribution is 6.15. The molecule has 2 aromatic rings. The second kappa shape index (κ2) is 6.00. The molecule has 2 aromatic carbocycles. The van der Waals surface area contributed by atoms with Crippen LogP contribution in [0.2, 0.25) is 0 Å². The van der Waals surface area contributed by atoms with Crippen molar-refractivity contribution >= 4 is 11.6 Å². The van der Waals surface area contributed by atoms with Gasteiger partial charge in [-0.05, 0) is 0 Å². The summed E-state index contributed by atoms with van der Waals surface area (Å²) < 4.78 is 0. The largest absolute Gasteiger partial charge is 0.313 e. The number of hydrogen-bond donors (Lipinski definition) is 2. The molecule has 0 saturated carbocycles. The maximum atomic E-state index is 13.0. The zero-order valence-electron chi connectivity index (χ0n) is 13.1. The van der Waals surface area contributed by atoms with Crippen molar-refractivity contribution in [3.8, 4) is 0 Å². The van der Waals surface area contributed by atoms with Gasteiger partial charge in [0.2, 0.25) is 0 Å². The molecule has 0 saturated heterocycles. The molecule has 0 radical (unpaired) electrons. The molecule has 1 aliphatic carbocycles. The van der Waals surface area contributed by atoms with E-state index < -0.39 is 22.6 Å². The Morgan fingerprint density at radius 2 is 0.958 bits per heavy atom. The van der Waals surface area contributed by atoms with Gasteiger partial charge in [-0.2, -0.15) is 0 Å². The average Bonchev–Trinajstić information content (AvgIpc) is 2.64. The highest BCUT2D eigenvalue weighted by Crippen LogP contribution is 2.31. The monoisotopic (exact) mass is 318 g/mol. The smallest absolute Gasteiger partial charge is 0.189 e. The fourth-order valence-corrected chi connectivity index (χ4v) is 2.87. The van der Waals surface area contributed by atoms with Crippen molar-refractivity contribution in [1.29, 1.82) is 0 Å². The summed E-state index contributed by atoms with van der Waals surface area (Å²) in [6.45, 7) is 0. The van der Waals surface area contributed by atoms with Crippen molar-refractivity contribution in [2.24, 2.45) is 11.5 Å². The summed E-state index contributed by atoms with van der Waals surface area (Å²) in [4.78, 5) is 26.1. The van der Waals surface area contributed by atoms with Crippen molar-refractivity contribution in [3.63, 3.8) is 0 Å². The van der Waals surface area contributed by atoms with Crippen molar-refractivity contribution in [2.45, 2.75) is 11.1 Å². The lowest BCUT2D eigenvalue weighted by atomic mass is 9.67. The molecule has 0 amide bonds. The Bertz CT molecular complexity index is 756. The molecule has 0 aromatic heterocycles. The number of Topliss-reactive ketones (excluding diaryl/α,β-unsaturated/α-hetero) is 2. The van der Waals surface area contributed by atoms with E-state index in [1.807, 2.05) is 0 Å². The minimum Gasteiger partial charge on any atom is -0.313 e. The minimum atomic E-state index is -1.66. The summed E-state index contributed by atoms with van der Waals surface area (Å²) >= 11 is 0. The van der Waals surface area contributed by atoms with Gasteiger partial charge >= 0.3 is 0 Å². The van der Waals surface area contributed by atoms with Crippen LogP contribution in [0.5, 0.6) is 0 Å².